The van der Waals surface area contributed by atoms with Gasteiger partial charge in [-0.15, -0.1) is 0 Å². The lowest BCUT2D eigenvalue weighted by Gasteiger charge is -2.19. The van der Waals surface area contributed by atoms with E-state index in [0.29, 0.717) is 5.15 Å². The number of hydrogen-bond acceptors (Lipinski definition) is 2. The second kappa shape index (κ2) is 3.59. The molecule has 1 fully saturated rings. The molecular formula is C11H11ClN2. The lowest BCUT2D eigenvalue weighted by Crippen LogP contribution is -2.19. The van der Waals surface area contributed by atoms with E-state index in [4.69, 9.17) is 11.6 Å². The molecular weight excluding hydrogens is 196 g/mol. The van der Waals surface area contributed by atoms with Crippen molar-refractivity contribution in [2.75, 3.05) is 0 Å². The summed E-state index contributed by atoms with van der Waals surface area (Å²) in [6.07, 6.45) is 5.91. The minimum absolute atomic E-state index is 0.294. The van der Waals surface area contributed by atoms with Crippen molar-refractivity contribution < 1.29 is 0 Å². The van der Waals surface area contributed by atoms with Gasteiger partial charge in [0.2, 0.25) is 0 Å². The summed E-state index contributed by atoms with van der Waals surface area (Å²) in [7, 11) is 0. The molecule has 1 aliphatic carbocycles. The Hall–Kier alpha value is -1.07. The van der Waals surface area contributed by atoms with Gasteiger partial charge >= 0.3 is 0 Å². The van der Waals surface area contributed by atoms with Gasteiger partial charge in [0.15, 0.2) is 0 Å². The van der Waals surface area contributed by atoms with Crippen LogP contribution in [0.4, 0.5) is 0 Å². The molecule has 1 heterocycles. The van der Waals surface area contributed by atoms with Crippen LogP contribution < -0.4 is 0 Å². The summed E-state index contributed by atoms with van der Waals surface area (Å²) in [5.74, 6) is 0. The lowest BCUT2D eigenvalue weighted by atomic mass is 9.81. The van der Waals surface area contributed by atoms with Crippen molar-refractivity contribution in [3.63, 3.8) is 0 Å². The Kier molecular flexibility index (Phi) is 2.43. The molecule has 1 aliphatic rings. The van der Waals surface area contributed by atoms with Gasteiger partial charge in [-0.25, -0.2) is 4.98 Å². The van der Waals surface area contributed by atoms with Gasteiger partial charge in [-0.2, -0.15) is 5.26 Å². The van der Waals surface area contributed by atoms with Crippen LogP contribution in [0, 0.1) is 11.3 Å². The first-order valence-electron chi connectivity index (χ1n) is 4.80. The first-order valence-corrected chi connectivity index (χ1v) is 5.18. The van der Waals surface area contributed by atoms with Crippen LogP contribution in [0.25, 0.3) is 0 Å². The van der Waals surface area contributed by atoms with Crippen molar-refractivity contribution in [1.82, 2.24) is 4.98 Å². The van der Waals surface area contributed by atoms with Crippen molar-refractivity contribution in [2.45, 2.75) is 31.1 Å². The average molecular weight is 207 g/mol. The number of halogens is 1. The van der Waals surface area contributed by atoms with Crippen LogP contribution in [0.5, 0.6) is 0 Å². The first-order chi connectivity index (χ1) is 6.77. The Morgan fingerprint density at radius 3 is 2.57 bits per heavy atom. The molecule has 3 heteroatoms. The van der Waals surface area contributed by atoms with Gasteiger partial charge in [-0.3, -0.25) is 0 Å². The standard InChI is InChI=1S/C11H11ClN2/c12-10-4-3-9(7-14-10)11(8-13)5-1-2-6-11/h3-4,7H,1-2,5-6H2. The van der Waals surface area contributed by atoms with E-state index in [1.807, 2.05) is 6.07 Å². The van der Waals surface area contributed by atoms with Gasteiger partial charge < -0.3 is 0 Å². The molecule has 2 nitrogen and oxygen atoms in total. The van der Waals surface area contributed by atoms with Gasteiger partial charge in [-0.05, 0) is 24.5 Å². The number of aromatic nitrogens is 1. The molecule has 0 radical (unpaired) electrons. The Morgan fingerprint density at radius 2 is 2.07 bits per heavy atom. The number of nitriles is 1. The maximum atomic E-state index is 9.23. The lowest BCUT2D eigenvalue weighted by molar-refractivity contribution is 0.570. The normalized spacial score (nSPS) is 19.1. The molecule has 0 amide bonds. The molecule has 0 bridgehead atoms. The highest BCUT2D eigenvalue weighted by Crippen LogP contribution is 2.40. The molecule has 2 rings (SSSR count). The average Bonchev–Trinajstić information content (AvgIpc) is 2.68. The Bertz CT molecular complexity index is 358. The third-order valence-corrected chi connectivity index (χ3v) is 3.17. The highest BCUT2D eigenvalue weighted by molar-refractivity contribution is 6.29. The molecule has 0 aromatic carbocycles. The molecule has 1 aromatic heterocycles. The summed E-state index contributed by atoms with van der Waals surface area (Å²) in [6.45, 7) is 0. The SMILES string of the molecule is N#CC1(c2ccc(Cl)nc2)CCCC1. The number of hydrogen-bond donors (Lipinski definition) is 0. The summed E-state index contributed by atoms with van der Waals surface area (Å²) in [4.78, 5) is 4.03. The fraction of sp³-hybridized carbons (Fsp3) is 0.455. The van der Waals surface area contributed by atoms with E-state index < -0.39 is 0 Å². The molecule has 0 unspecified atom stereocenters. The summed E-state index contributed by atoms with van der Waals surface area (Å²) in [6, 6.07) is 6.11. The summed E-state index contributed by atoms with van der Waals surface area (Å²) in [5, 5.41) is 9.71. The third kappa shape index (κ3) is 1.49. The number of rotatable bonds is 1. The van der Waals surface area contributed by atoms with Gasteiger partial charge in [-0.1, -0.05) is 30.5 Å². The molecule has 1 saturated carbocycles. The first kappa shape index (κ1) is 9.48. The van der Waals surface area contributed by atoms with Crippen molar-refractivity contribution in [2.24, 2.45) is 0 Å². The highest BCUT2D eigenvalue weighted by atomic mass is 35.5. The molecule has 0 spiro atoms. The van der Waals surface area contributed by atoms with E-state index >= 15 is 0 Å². The molecule has 0 saturated heterocycles. The minimum Gasteiger partial charge on any atom is -0.244 e. The largest absolute Gasteiger partial charge is 0.244 e. The van der Waals surface area contributed by atoms with Crippen molar-refractivity contribution in [3.8, 4) is 6.07 Å². The fourth-order valence-electron chi connectivity index (χ4n) is 2.10. The predicted octanol–water partition coefficient (Wildman–Crippen LogP) is 3.07. The topological polar surface area (TPSA) is 36.7 Å². The van der Waals surface area contributed by atoms with Gasteiger partial charge in [0.05, 0.1) is 11.5 Å². The maximum Gasteiger partial charge on any atom is 0.129 e. The van der Waals surface area contributed by atoms with Crippen LogP contribution >= 0.6 is 11.6 Å². The fourth-order valence-corrected chi connectivity index (χ4v) is 2.21. The Balaban J connectivity index is 2.37. The van der Waals surface area contributed by atoms with Crippen molar-refractivity contribution >= 4 is 11.6 Å². The number of pyridine rings is 1. The molecule has 0 aliphatic heterocycles. The smallest absolute Gasteiger partial charge is 0.129 e. The molecule has 0 atom stereocenters. The van der Waals surface area contributed by atoms with E-state index in [-0.39, 0.29) is 5.41 Å². The van der Waals surface area contributed by atoms with Crippen LogP contribution in [0.1, 0.15) is 31.2 Å². The van der Waals surface area contributed by atoms with E-state index in [9.17, 15) is 5.26 Å². The summed E-state index contributed by atoms with van der Waals surface area (Å²) in [5.41, 5.74) is 0.722. The Morgan fingerprint density at radius 1 is 1.36 bits per heavy atom. The van der Waals surface area contributed by atoms with Gasteiger partial charge in [0.25, 0.3) is 0 Å². The Labute approximate surface area is 88.5 Å². The second-order valence-electron chi connectivity index (χ2n) is 3.77. The monoisotopic (exact) mass is 206 g/mol. The van der Waals surface area contributed by atoms with E-state index in [1.165, 1.54) is 0 Å². The zero-order chi connectivity index (χ0) is 10.0. The third-order valence-electron chi connectivity index (χ3n) is 2.95. The molecule has 14 heavy (non-hydrogen) atoms. The van der Waals surface area contributed by atoms with E-state index in [1.54, 1.807) is 12.3 Å². The van der Waals surface area contributed by atoms with Gasteiger partial charge in [0.1, 0.15) is 5.15 Å². The van der Waals surface area contributed by atoms with E-state index in [2.05, 4.69) is 11.1 Å². The van der Waals surface area contributed by atoms with Crippen molar-refractivity contribution in [3.05, 3.63) is 29.0 Å². The zero-order valence-electron chi connectivity index (χ0n) is 7.83. The molecule has 0 N–H and O–H groups in total. The molecule has 1 aromatic rings. The van der Waals surface area contributed by atoms with E-state index in [0.717, 1.165) is 31.2 Å². The highest BCUT2D eigenvalue weighted by Gasteiger charge is 2.35. The van der Waals surface area contributed by atoms with Crippen LogP contribution in [-0.2, 0) is 5.41 Å². The molecule has 72 valence electrons. The summed E-state index contributed by atoms with van der Waals surface area (Å²) >= 11 is 5.71. The van der Waals surface area contributed by atoms with Gasteiger partial charge in [0, 0.05) is 6.20 Å². The predicted molar refractivity (Wildman–Crippen MR) is 55.0 cm³/mol. The second-order valence-corrected chi connectivity index (χ2v) is 4.16. The number of nitrogens with zero attached hydrogens (tertiary/aromatic N) is 2. The van der Waals surface area contributed by atoms with Crippen LogP contribution in [0.15, 0.2) is 18.3 Å². The van der Waals surface area contributed by atoms with Crippen LogP contribution in [0.3, 0.4) is 0 Å². The van der Waals surface area contributed by atoms with Crippen LogP contribution in [-0.4, -0.2) is 4.98 Å². The maximum absolute atomic E-state index is 9.23. The summed E-state index contributed by atoms with van der Waals surface area (Å²) < 4.78 is 0. The zero-order valence-corrected chi connectivity index (χ0v) is 8.59. The van der Waals surface area contributed by atoms with Crippen molar-refractivity contribution in [1.29, 1.82) is 5.26 Å². The van der Waals surface area contributed by atoms with Crippen LogP contribution in [0.2, 0.25) is 5.15 Å². The minimum atomic E-state index is -0.294. The quantitative estimate of drug-likeness (QED) is 0.663.